The summed E-state index contributed by atoms with van der Waals surface area (Å²) in [5.41, 5.74) is 6.04. The van der Waals surface area contributed by atoms with Gasteiger partial charge < -0.3 is 10.6 Å². The molecule has 0 unspecified atom stereocenters. The molecule has 1 aliphatic heterocycles. The highest BCUT2D eigenvalue weighted by molar-refractivity contribution is 5.92. The molecule has 0 bridgehead atoms. The molecule has 0 radical (unpaired) electrons. The molecule has 1 saturated heterocycles. The fourth-order valence-corrected chi connectivity index (χ4v) is 2.96. The summed E-state index contributed by atoms with van der Waals surface area (Å²) < 4.78 is 37.8. The van der Waals surface area contributed by atoms with E-state index in [1.807, 2.05) is 11.0 Å². The molecule has 3 rings (SSSR count). The van der Waals surface area contributed by atoms with Crippen LogP contribution in [0.3, 0.4) is 0 Å². The predicted molar refractivity (Wildman–Crippen MR) is 91.7 cm³/mol. The number of nitrogens with two attached hydrogens (primary N) is 1. The molecule has 1 aromatic carbocycles. The Bertz CT molecular complexity index is 769. The maximum atomic E-state index is 12.6. The van der Waals surface area contributed by atoms with Crippen LogP contribution in [-0.2, 0) is 12.7 Å². The zero-order valence-electron chi connectivity index (χ0n) is 14.0. The normalized spacial score (nSPS) is 15.9. The third-order valence-electron chi connectivity index (χ3n) is 4.39. The quantitative estimate of drug-likeness (QED) is 0.906. The van der Waals surface area contributed by atoms with Gasteiger partial charge in [-0.15, -0.1) is 0 Å². The molecule has 0 aliphatic carbocycles. The van der Waals surface area contributed by atoms with E-state index in [1.54, 1.807) is 18.2 Å². The number of hydrogen-bond donors (Lipinski definition) is 1. The summed E-state index contributed by atoms with van der Waals surface area (Å²) in [5, 5.41) is 0. The summed E-state index contributed by atoms with van der Waals surface area (Å²) in [6, 6.07) is 9.68. The van der Waals surface area contributed by atoms with Gasteiger partial charge >= 0.3 is 6.18 Å². The van der Waals surface area contributed by atoms with Crippen LogP contribution in [0.1, 0.15) is 21.5 Å². The second kappa shape index (κ2) is 7.33. The lowest BCUT2D eigenvalue weighted by Crippen LogP contribution is -2.46. The number of nitrogens with zero attached hydrogens (tertiary/aromatic N) is 3. The van der Waals surface area contributed by atoms with E-state index in [0.717, 1.165) is 30.9 Å². The van der Waals surface area contributed by atoms with E-state index < -0.39 is 17.6 Å². The summed E-state index contributed by atoms with van der Waals surface area (Å²) in [4.78, 5) is 19.4. The van der Waals surface area contributed by atoms with Gasteiger partial charge in [-0.3, -0.25) is 9.69 Å². The van der Waals surface area contributed by atoms with Gasteiger partial charge in [0.05, 0.1) is 5.56 Å². The van der Waals surface area contributed by atoms with Crippen LogP contribution < -0.4 is 10.6 Å². The van der Waals surface area contributed by atoms with Crippen molar-refractivity contribution in [1.82, 2.24) is 9.88 Å². The molecule has 2 heterocycles. The van der Waals surface area contributed by atoms with Crippen molar-refractivity contribution >= 4 is 11.7 Å². The highest BCUT2D eigenvalue weighted by Gasteiger charge is 2.31. The number of aromatic nitrogens is 1. The Kier molecular flexibility index (Phi) is 5.13. The SMILES string of the molecule is NC(=O)c1cccc(CN2CCN(c3ccc(C(F)(F)F)cn3)CC2)c1. The Labute approximate surface area is 149 Å². The molecule has 138 valence electrons. The van der Waals surface area contributed by atoms with Gasteiger partial charge in [0, 0.05) is 44.5 Å². The molecular weight excluding hydrogens is 345 g/mol. The summed E-state index contributed by atoms with van der Waals surface area (Å²) in [5.74, 6) is 0.0958. The van der Waals surface area contributed by atoms with Crippen molar-refractivity contribution in [1.29, 1.82) is 0 Å². The average molecular weight is 364 g/mol. The van der Waals surface area contributed by atoms with Gasteiger partial charge in [-0.05, 0) is 29.8 Å². The van der Waals surface area contributed by atoms with Gasteiger partial charge in [-0.2, -0.15) is 13.2 Å². The highest BCUT2D eigenvalue weighted by atomic mass is 19.4. The first-order valence-corrected chi connectivity index (χ1v) is 8.22. The third kappa shape index (κ3) is 4.32. The number of pyridine rings is 1. The first-order chi connectivity index (χ1) is 12.3. The monoisotopic (exact) mass is 364 g/mol. The number of rotatable bonds is 4. The van der Waals surface area contributed by atoms with Crippen molar-refractivity contribution in [3.8, 4) is 0 Å². The standard InChI is InChI=1S/C18H19F3N4O/c19-18(20,21)15-4-5-16(23-11-15)25-8-6-24(7-9-25)12-13-2-1-3-14(10-13)17(22)26/h1-5,10-11H,6-9,12H2,(H2,22,26). The van der Waals surface area contributed by atoms with Crippen LogP contribution in [0, 0.1) is 0 Å². The van der Waals surface area contributed by atoms with Crippen molar-refractivity contribution < 1.29 is 18.0 Å². The van der Waals surface area contributed by atoms with Gasteiger partial charge in [0.1, 0.15) is 5.82 Å². The Balaban J connectivity index is 1.57. The molecule has 5 nitrogen and oxygen atoms in total. The van der Waals surface area contributed by atoms with Gasteiger partial charge in [0.25, 0.3) is 0 Å². The highest BCUT2D eigenvalue weighted by Crippen LogP contribution is 2.29. The molecule has 0 atom stereocenters. The zero-order chi connectivity index (χ0) is 18.7. The smallest absolute Gasteiger partial charge is 0.366 e. The number of benzene rings is 1. The van der Waals surface area contributed by atoms with E-state index in [0.29, 0.717) is 31.0 Å². The second-order valence-electron chi connectivity index (χ2n) is 6.23. The Morgan fingerprint density at radius 3 is 2.42 bits per heavy atom. The van der Waals surface area contributed by atoms with Crippen molar-refractivity contribution in [3.05, 3.63) is 59.3 Å². The second-order valence-corrected chi connectivity index (χ2v) is 6.23. The van der Waals surface area contributed by atoms with Crippen LogP contribution in [0.4, 0.5) is 19.0 Å². The number of hydrogen-bond acceptors (Lipinski definition) is 4. The van der Waals surface area contributed by atoms with E-state index in [4.69, 9.17) is 5.73 Å². The van der Waals surface area contributed by atoms with Crippen LogP contribution in [0.25, 0.3) is 0 Å². The number of piperazine rings is 1. The Morgan fingerprint density at radius 2 is 1.85 bits per heavy atom. The molecule has 26 heavy (non-hydrogen) atoms. The fourth-order valence-electron chi connectivity index (χ4n) is 2.96. The predicted octanol–water partition coefficient (Wildman–Crippen LogP) is 2.52. The van der Waals surface area contributed by atoms with E-state index in [1.165, 1.54) is 6.07 Å². The summed E-state index contributed by atoms with van der Waals surface area (Å²) in [6.07, 6.45) is -3.50. The summed E-state index contributed by atoms with van der Waals surface area (Å²) in [6.45, 7) is 3.55. The third-order valence-corrected chi connectivity index (χ3v) is 4.39. The van der Waals surface area contributed by atoms with Gasteiger partial charge in [0.15, 0.2) is 0 Å². The Hall–Kier alpha value is -2.61. The number of primary amides is 1. The Morgan fingerprint density at radius 1 is 1.12 bits per heavy atom. The van der Waals surface area contributed by atoms with E-state index >= 15 is 0 Å². The van der Waals surface area contributed by atoms with Crippen LogP contribution in [-0.4, -0.2) is 42.0 Å². The maximum absolute atomic E-state index is 12.6. The zero-order valence-corrected chi connectivity index (χ0v) is 14.0. The minimum absolute atomic E-state index is 0.454. The fraction of sp³-hybridized carbons (Fsp3) is 0.333. The minimum atomic E-state index is -4.37. The number of alkyl halides is 3. The molecule has 2 aromatic rings. The van der Waals surface area contributed by atoms with Crippen LogP contribution in [0.15, 0.2) is 42.6 Å². The topological polar surface area (TPSA) is 62.5 Å². The number of halogens is 3. The summed E-state index contributed by atoms with van der Waals surface area (Å²) in [7, 11) is 0. The minimum Gasteiger partial charge on any atom is -0.366 e. The molecule has 1 aliphatic rings. The maximum Gasteiger partial charge on any atom is 0.417 e. The van der Waals surface area contributed by atoms with E-state index in [-0.39, 0.29) is 0 Å². The molecule has 1 amide bonds. The molecule has 1 fully saturated rings. The van der Waals surface area contributed by atoms with E-state index in [9.17, 15) is 18.0 Å². The average Bonchev–Trinajstić information content (AvgIpc) is 2.62. The van der Waals surface area contributed by atoms with Crippen molar-refractivity contribution in [3.63, 3.8) is 0 Å². The van der Waals surface area contributed by atoms with Gasteiger partial charge in [-0.25, -0.2) is 4.98 Å². The van der Waals surface area contributed by atoms with Crippen LogP contribution in [0.2, 0.25) is 0 Å². The molecular formula is C18H19F3N4O. The first-order valence-electron chi connectivity index (χ1n) is 8.22. The number of carbonyl (C=O) groups is 1. The molecule has 0 saturated carbocycles. The van der Waals surface area contributed by atoms with Crippen LogP contribution in [0.5, 0.6) is 0 Å². The first kappa shape index (κ1) is 18.2. The molecule has 1 aromatic heterocycles. The van der Waals surface area contributed by atoms with E-state index in [2.05, 4.69) is 9.88 Å². The van der Waals surface area contributed by atoms with Crippen molar-refractivity contribution in [2.45, 2.75) is 12.7 Å². The van der Waals surface area contributed by atoms with Crippen LogP contribution >= 0.6 is 0 Å². The number of anilines is 1. The molecule has 2 N–H and O–H groups in total. The van der Waals surface area contributed by atoms with Crippen molar-refractivity contribution in [2.75, 3.05) is 31.1 Å². The largest absolute Gasteiger partial charge is 0.417 e. The molecule has 0 spiro atoms. The van der Waals surface area contributed by atoms with Crippen molar-refractivity contribution in [2.24, 2.45) is 5.73 Å². The molecule has 8 heteroatoms. The number of amides is 1. The lowest BCUT2D eigenvalue weighted by molar-refractivity contribution is -0.137. The van der Waals surface area contributed by atoms with Gasteiger partial charge in [-0.1, -0.05) is 12.1 Å². The summed E-state index contributed by atoms with van der Waals surface area (Å²) >= 11 is 0. The lowest BCUT2D eigenvalue weighted by Gasteiger charge is -2.35. The van der Waals surface area contributed by atoms with Gasteiger partial charge in [0.2, 0.25) is 5.91 Å². The lowest BCUT2D eigenvalue weighted by atomic mass is 10.1. The number of carbonyl (C=O) groups excluding carboxylic acids is 1.